The Kier molecular flexibility index (Phi) is 3.27. The van der Waals surface area contributed by atoms with Gasteiger partial charge in [0.1, 0.15) is 11.6 Å². The van der Waals surface area contributed by atoms with Crippen LogP contribution >= 0.6 is 0 Å². The lowest BCUT2D eigenvalue weighted by atomic mass is 9.76. The van der Waals surface area contributed by atoms with Crippen LogP contribution in [-0.4, -0.2) is 11.6 Å². The molecule has 0 aliphatic heterocycles. The molecule has 2 heteroatoms. The van der Waals surface area contributed by atoms with Gasteiger partial charge in [-0.15, -0.1) is 0 Å². The number of fused-ring (bicyclic) bond motifs is 1. The SMILES string of the molecule is Cc1c(C)c(C2CC(=O)CC(=O)C2)c(C)c2c1CCC2. The lowest BCUT2D eigenvalue weighted by molar-refractivity contribution is -0.130. The van der Waals surface area contributed by atoms with Gasteiger partial charge in [-0.2, -0.15) is 0 Å². The summed E-state index contributed by atoms with van der Waals surface area (Å²) in [5.41, 5.74) is 8.38. The summed E-state index contributed by atoms with van der Waals surface area (Å²) in [4.78, 5) is 23.6. The lowest BCUT2D eigenvalue weighted by Crippen LogP contribution is -2.23. The molecule has 20 heavy (non-hydrogen) atoms. The van der Waals surface area contributed by atoms with Gasteiger partial charge in [0.15, 0.2) is 0 Å². The highest BCUT2D eigenvalue weighted by atomic mass is 16.1. The Bertz CT molecular complexity index is 595. The second-order valence-corrected chi connectivity index (χ2v) is 6.46. The van der Waals surface area contributed by atoms with Crippen molar-refractivity contribution >= 4 is 11.6 Å². The van der Waals surface area contributed by atoms with E-state index in [0.717, 1.165) is 6.42 Å². The Hall–Kier alpha value is -1.44. The van der Waals surface area contributed by atoms with E-state index in [1.54, 1.807) is 0 Å². The average Bonchev–Trinajstić information content (AvgIpc) is 2.85. The molecule has 0 heterocycles. The zero-order chi connectivity index (χ0) is 14.4. The van der Waals surface area contributed by atoms with Crippen LogP contribution in [0.25, 0.3) is 0 Å². The number of hydrogen-bond donors (Lipinski definition) is 0. The second kappa shape index (κ2) is 4.83. The molecule has 0 atom stereocenters. The van der Waals surface area contributed by atoms with Gasteiger partial charge in [0, 0.05) is 12.8 Å². The summed E-state index contributed by atoms with van der Waals surface area (Å²) >= 11 is 0. The fourth-order valence-corrected chi connectivity index (χ4v) is 4.25. The third-order valence-electron chi connectivity index (χ3n) is 5.24. The monoisotopic (exact) mass is 270 g/mol. The van der Waals surface area contributed by atoms with Crippen molar-refractivity contribution in [1.29, 1.82) is 0 Å². The largest absolute Gasteiger partial charge is 0.299 e. The van der Waals surface area contributed by atoms with Gasteiger partial charge in [-0.05, 0) is 79.3 Å². The van der Waals surface area contributed by atoms with Crippen molar-refractivity contribution in [2.24, 2.45) is 0 Å². The first-order valence-corrected chi connectivity index (χ1v) is 7.63. The number of Topliss-reactive ketones (excluding diaryl/α,β-unsaturated/α-hetero) is 2. The predicted octanol–water partition coefficient (Wildman–Crippen LogP) is 3.51. The Balaban J connectivity index is 2.12. The van der Waals surface area contributed by atoms with E-state index in [1.807, 2.05) is 0 Å². The van der Waals surface area contributed by atoms with Crippen molar-refractivity contribution in [3.05, 3.63) is 33.4 Å². The summed E-state index contributed by atoms with van der Waals surface area (Å²) in [6, 6.07) is 0. The standard InChI is InChI=1S/C18H22O2/c1-10-11(2)18(12(3)17-6-4-5-16(10)17)13-7-14(19)9-15(20)8-13/h13H,4-9H2,1-3H3. The van der Waals surface area contributed by atoms with Gasteiger partial charge in [-0.3, -0.25) is 9.59 Å². The third-order valence-corrected chi connectivity index (χ3v) is 5.24. The summed E-state index contributed by atoms with van der Waals surface area (Å²) in [5.74, 6) is 0.347. The molecule has 1 fully saturated rings. The van der Waals surface area contributed by atoms with Crippen molar-refractivity contribution in [3.8, 4) is 0 Å². The molecular formula is C18H22O2. The fraction of sp³-hybridized carbons (Fsp3) is 0.556. The van der Waals surface area contributed by atoms with Crippen LogP contribution in [0.2, 0.25) is 0 Å². The van der Waals surface area contributed by atoms with Gasteiger partial charge < -0.3 is 0 Å². The normalized spacial score (nSPS) is 19.6. The number of rotatable bonds is 1. The summed E-state index contributed by atoms with van der Waals surface area (Å²) in [5, 5.41) is 0. The third kappa shape index (κ3) is 2.02. The van der Waals surface area contributed by atoms with E-state index >= 15 is 0 Å². The summed E-state index contributed by atoms with van der Waals surface area (Å²) in [6.07, 6.45) is 4.83. The van der Waals surface area contributed by atoms with Crippen molar-refractivity contribution in [3.63, 3.8) is 0 Å². The zero-order valence-corrected chi connectivity index (χ0v) is 12.6. The first kappa shape index (κ1) is 13.5. The van der Waals surface area contributed by atoms with E-state index in [1.165, 1.54) is 46.2 Å². The Labute approximate surface area is 120 Å². The van der Waals surface area contributed by atoms with Crippen LogP contribution in [-0.2, 0) is 22.4 Å². The van der Waals surface area contributed by atoms with E-state index in [4.69, 9.17) is 0 Å². The van der Waals surface area contributed by atoms with Gasteiger partial charge >= 0.3 is 0 Å². The second-order valence-electron chi connectivity index (χ2n) is 6.46. The van der Waals surface area contributed by atoms with Crippen LogP contribution in [0.5, 0.6) is 0 Å². The molecule has 106 valence electrons. The number of hydrogen-bond acceptors (Lipinski definition) is 2. The van der Waals surface area contributed by atoms with Crippen molar-refractivity contribution in [2.75, 3.05) is 0 Å². The minimum atomic E-state index is 0.114. The molecule has 1 aromatic carbocycles. The van der Waals surface area contributed by atoms with Crippen molar-refractivity contribution in [2.45, 2.75) is 65.2 Å². The average molecular weight is 270 g/mol. The molecule has 0 radical (unpaired) electrons. The van der Waals surface area contributed by atoms with Crippen LogP contribution in [0.15, 0.2) is 0 Å². The van der Waals surface area contributed by atoms with Crippen LogP contribution in [0.1, 0.15) is 65.0 Å². The zero-order valence-electron chi connectivity index (χ0n) is 12.6. The topological polar surface area (TPSA) is 34.1 Å². The highest BCUT2D eigenvalue weighted by Crippen LogP contribution is 2.40. The molecule has 0 unspecified atom stereocenters. The number of ketones is 2. The number of carbonyl (C=O) groups is 2. The van der Waals surface area contributed by atoms with E-state index in [9.17, 15) is 9.59 Å². The van der Waals surface area contributed by atoms with Crippen LogP contribution in [0, 0.1) is 20.8 Å². The molecule has 2 nitrogen and oxygen atoms in total. The molecule has 0 spiro atoms. The van der Waals surface area contributed by atoms with Crippen molar-refractivity contribution < 1.29 is 9.59 Å². The summed E-state index contributed by atoms with van der Waals surface area (Å²) < 4.78 is 0. The number of carbonyl (C=O) groups excluding carboxylic acids is 2. The molecule has 0 aromatic heterocycles. The Morgan fingerprint density at radius 1 is 0.800 bits per heavy atom. The molecule has 3 rings (SSSR count). The highest BCUT2D eigenvalue weighted by molar-refractivity contribution is 6.02. The van der Waals surface area contributed by atoms with Gasteiger partial charge in [0.2, 0.25) is 0 Å². The van der Waals surface area contributed by atoms with E-state index in [0.29, 0.717) is 12.8 Å². The smallest absolute Gasteiger partial charge is 0.140 e. The Morgan fingerprint density at radius 3 is 1.95 bits per heavy atom. The molecule has 0 bridgehead atoms. The fourth-order valence-electron chi connectivity index (χ4n) is 4.25. The van der Waals surface area contributed by atoms with Crippen LogP contribution < -0.4 is 0 Å². The molecule has 2 aliphatic rings. The maximum Gasteiger partial charge on any atom is 0.140 e. The first-order valence-electron chi connectivity index (χ1n) is 7.63. The van der Waals surface area contributed by atoms with Crippen molar-refractivity contribution in [1.82, 2.24) is 0 Å². The molecular weight excluding hydrogens is 248 g/mol. The molecule has 1 aromatic rings. The van der Waals surface area contributed by atoms with E-state index in [-0.39, 0.29) is 23.9 Å². The van der Waals surface area contributed by atoms with E-state index < -0.39 is 0 Å². The van der Waals surface area contributed by atoms with Gasteiger partial charge in [-0.25, -0.2) is 0 Å². The first-order chi connectivity index (χ1) is 9.49. The minimum absolute atomic E-state index is 0.114. The lowest BCUT2D eigenvalue weighted by Gasteiger charge is -2.27. The van der Waals surface area contributed by atoms with Gasteiger partial charge in [0.05, 0.1) is 6.42 Å². The molecule has 0 amide bonds. The van der Waals surface area contributed by atoms with Gasteiger partial charge in [0.25, 0.3) is 0 Å². The highest BCUT2D eigenvalue weighted by Gasteiger charge is 2.31. The van der Waals surface area contributed by atoms with Gasteiger partial charge in [-0.1, -0.05) is 0 Å². The van der Waals surface area contributed by atoms with E-state index in [2.05, 4.69) is 20.8 Å². The summed E-state index contributed by atoms with van der Waals surface area (Å²) in [6.45, 7) is 6.56. The maximum absolute atomic E-state index is 11.8. The maximum atomic E-state index is 11.8. The Morgan fingerprint density at radius 2 is 1.35 bits per heavy atom. The van der Waals surface area contributed by atoms with Crippen LogP contribution in [0.3, 0.4) is 0 Å². The minimum Gasteiger partial charge on any atom is -0.299 e. The number of benzene rings is 1. The summed E-state index contributed by atoms with van der Waals surface area (Å²) in [7, 11) is 0. The molecule has 0 N–H and O–H groups in total. The predicted molar refractivity (Wildman–Crippen MR) is 79.3 cm³/mol. The quantitative estimate of drug-likeness (QED) is 0.732. The molecule has 2 aliphatic carbocycles. The molecule has 0 saturated heterocycles. The molecule has 1 saturated carbocycles. The van der Waals surface area contributed by atoms with Crippen LogP contribution in [0.4, 0.5) is 0 Å².